The maximum Gasteiger partial charge on any atom is 0.232 e. The number of amides is 1. The topological polar surface area (TPSA) is 81.4 Å². The molecule has 0 saturated heterocycles. The van der Waals surface area contributed by atoms with E-state index in [-0.39, 0.29) is 17.8 Å². The molecule has 0 unspecified atom stereocenters. The molecule has 1 heterocycles. The van der Waals surface area contributed by atoms with Crippen LogP contribution in [0.2, 0.25) is 0 Å². The van der Waals surface area contributed by atoms with E-state index < -0.39 is 10.8 Å². The minimum Gasteiger partial charge on any atom is -0.379 e. The number of carbonyl (C=O) groups excluding carboxylic acids is 1. The van der Waals surface area contributed by atoms with E-state index in [0.29, 0.717) is 24.7 Å². The van der Waals surface area contributed by atoms with Gasteiger partial charge in [0.2, 0.25) is 5.91 Å². The molecule has 1 N–H and O–H groups in total. The van der Waals surface area contributed by atoms with Crippen LogP contribution < -0.4 is 5.32 Å². The lowest BCUT2D eigenvalue weighted by Crippen LogP contribution is -2.30. The molecule has 1 rings (SSSR count). The molecule has 0 spiro atoms. The molecule has 1 aromatic heterocycles. The lowest BCUT2D eigenvalue weighted by Gasteiger charge is -2.08. The third-order valence-corrected chi connectivity index (χ3v) is 4.07. The zero-order valence-electron chi connectivity index (χ0n) is 13.1. The van der Waals surface area contributed by atoms with Gasteiger partial charge in [-0.2, -0.15) is 0 Å². The van der Waals surface area contributed by atoms with Gasteiger partial charge in [-0.1, -0.05) is 5.16 Å². The van der Waals surface area contributed by atoms with Gasteiger partial charge in [-0.05, 0) is 34.1 Å². The molecule has 0 aliphatic carbocycles. The summed E-state index contributed by atoms with van der Waals surface area (Å²) in [5.74, 6) is 0.747. The number of carbonyl (C=O) groups is 1. The van der Waals surface area contributed by atoms with Crippen LogP contribution >= 0.6 is 0 Å². The Labute approximate surface area is 128 Å². The first kappa shape index (κ1) is 17.8. The first-order valence-corrected chi connectivity index (χ1v) is 8.54. The van der Waals surface area contributed by atoms with Gasteiger partial charge >= 0.3 is 0 Å². The number of rotatable bonds is 9. The van der Waals surface area contributed by atoms with Crippen LogP contribution in [-0.4, -0.2) is 40.3 Å². The molecule has 0 radical (unpaired) electrons. The third-order valence-electron chi connectivity index (χ3n) is 2.87. The van der Waals surface area contributed by atoms with Crippen LogP contribution in [0.3, 0.4) is 0 Å². The van der Waals surface area contributed by atoms with Crippen molar-refractivity contribution < 1.29 is 18.3 Å². The van der Waals surface area contributed by atoms with E-state index in [0.717, 1.165) is 17.7 Å². The normalized spacial score (nSPS) is 12.6. The number of nitrogens with zero attached hydrogens (tertiary/aromatic N) is 1. The van der Waals surface area contributed by atoms with E-state index in [1.165, 1.54) is 0 Å². The highest BCUT2D eigenvalue weighted by atomic mass is 32.2. The smallest absolute Gasteiger partial charge is 0.232 e. The van der Waals surface area contributed by atoms with Crippen molar-refractivity contribution in [2.75, 3.05) is 18.9 Å². The summed E-state index contributed by atoms with van der Waals surface area (Å²) in [6.45, 7) is 8.67. The molecule has 0 aromatic carbocycles. The van der Waals surface area contributed by atoms with Crippen molar-refractivity contribution in [2.24, 2.45) is 0 Å². The summed E-state index contributed by atoms with van der Waals surface area (Å²) in [7, 11) is -1.26. The van der Waals surface area contributed by atoms with Crippen LogP contribution in [0, 0.1) is 13.8 Å². The SMILES string of the molecule is Cc1noc(C)c1C[S@@](=O)CC(=O)NCCCOC(C)C. The number of ether oxygens (including phenoxy) is 1. The van der Waals surface area contributed by atoms with Gasteiger partial charge < -0.3 is 14.6 Å². The molecule has 7 heteroatoms. The number of hydrogen-bond donors (Lipinski definition) is 1. The van der Waals surface area contributed by atoms with Crippen molar-refractivity contribution in [2.45, 2.75) is 46.0 Å². The summed E-state index contributed by atoms with van der Waals surface area (Å²) in [4.78, 5) is 11.7. The summed E-state index contributed by atoms with van der Waals surface area (Å²) in [6, 6.07) is 0. The highest BCUT2D eigenvalue weighted by molar-refractivity contribution is 7.84. The molecule has 0 fully saturated rings. The highest BCUT2D eigenvalue weighted by Crippen LogP contribution is 2.14. The van der Waals surface area contributed by atoms with Gasteiger partial charge in [-0.25, -0.2) is 0 Å². The Bertz CT molecular complexity index is 466. The molecule has 120 valence electrons. The molecule has 0 saturated carbocycles. The fourth-order valence-electron chi connectivity index (χ4n) is 1.74. The Balaban J connectivity index is 2.24. The Kier molecular flexibility index (Phi) is 7.60. The monoisotopic (exact) mass is 316 g/mol. The lowest BCUT2D eigenvalue weighted by molar-refractivity contribution is -0.118. The highest BCUT2D eigenvalue weighted by Gasteiger charge is 2.14. The predicted octanol–water partition coefficient (Wildman–Crippen LogP) is 1.47. The van der Waals surface area contributed by atoms with Gasteiger partial charge in [0, 0.05) is 29.5 Å². The Hall–Kier alpha value is -1.21. The van der Waals surface area contributed by atoms with E-state index in [1.54, 1.807) is 13.8 Å². The molecule has 21 heavy (non-hydrogen) atoms. The molecule has 1 atom stereocenters. The van der Waals surface area contributed by atoms with Crippen LogP contribution in [0.4, 0.5) is 0 Å². The second kappa shape index (κ2) is 8.94. The number of aromatic nitrogens is 1. The van der Waals surface area contributed by atoms with E-state index in [1.807, 2.05) is 13.8 Å². The van der Waals surface area contributed by atoms with Crippen LogP contribution in [0.25, 0.3) is 0 Å². The number of nitrogens with one attached hydrogen (secondary N) is 1. The van der Waals surface area contributed by atoms with Gasteiger partial charge in [0.15, 0.2) is 0 Å². The lowest BCUT2D eigenvalue weighted by atomic mass is 10.2. The molecule has 0 aliphatic heterocycles. The van der Waals surface area contributed by atoms with Gasteiger partial charge in [-0.3, -0.25) is 9.00 Å². The van der Waals surface area contributed by atoms with Crippen LogP contribution in [0.5, 0.6) is 0 Å². The maximum atomic E-state index is 12.0. The second-order valence-electron chi connectivity index (χ2n) is 5.15. The molecule has 1 aromatic rings. The average Bonchev–Trinajstić information content (AvgIpc) is 2.69. The first-order chi connectivity index (χ1) is 9.90. The predicted molar refractivity (Wildman–Crippen MR) is 81.4 cm³/mol. The molecule has 6 nitrogen and oxygen atoms in total. The van der Waals surface area contributed by atoms with Crippen molar-refractivity contribution in [3.63, 3.8) is 0 Å². The minimum absolute atomic E-state index is 0.00486. The van der Waals surface area contributed by atoms with Gasteiger partial charge in [-0.15, -0.1) is 0 Å². The van der Waals surface area contributed by atoms with Crippen LogP contribution in [0.1, 0.15) is 37.3 Å². The molecule has 0 bridgehead atoms. The minimum atomic E-state index is -1.26. The Morgan fingerprint density at radius 2 is 2.14 bits per heavy atom. The summed E-state index contributed by atoms with van der Waals surface area (Å²) in [5.41, 5.74) is 1.55. The molecule has 1 amide bonds. The van der Waals surface area contributed by atoms with Gasteiger partial charge in [0.05, 0.1) is 17.6 Å². The van der Waals surface area contributed by atoms with Crippen LogP contribution in [0.15, 0.2) is 4.52 Å². The quantitative estimate of drug-likeness (QED) is 0.698. The van der Waals surface area contributed by atoms with E-state index in [2.05, 4.69) is 10.5 Å². The number of aryl methyl sites for hydroxylation is 2. The fourth-order valence-corrected chi connectivity index (χ4v) is 2.97. The first-order valence-electron chi connectivity index (χ1n) is 7.05. The average molecular weight is 316 g/mol. The largest absolute Gasteiger partial charge is 0.379 e. The second-order valence-corrected chi connectivity index (χ2v) is 6.61. The summed E-state index contributed by atoms with van der Waals surface area (Å²) in [6.07, 6.45) is 0.948. The van der Waals surface area contributed by atoms with Crippen molar-refractivity contribution >= 4 is 16.7 Å². The van der Waals surface area contributed by atoms with Crippen LogP contribution in [-0.2, 0) is 26.1 Å². The molecular weight excluding hydrogens is 292 g/mol. The van der Waals surface area contributed by atoms with Crippen molar-refractivity contribution in [3.05, 3.63) is 17.0 Å². The zero-order chi connectivity index (χ0) is 15.8. The standard InChI is InChI=1S/C14H24N2O4S/c1-10(2)19-7-5-6-15-14(17)9-21(18)8-13-11(3)16-20-12(13)4/h10H,5-9H2,1-4H3,(H,15,17)/t21-/m1/s1. The van der Waals surface area contributed by atoms with E-state index in [4.69, 9.17) is 9.26 Å². The zero-order valence-corrected chi connectivity index (χ0v) is 13.9. The molecule has 0 aliphatic rings. The summed E-state index contributed by atoms with van der Waals surface area (Å²) >= 11 is 0. The number of hydrogen-bond acceptors (Lipinski definition) is 5. The Morgan fingerprint density at radius 1 is 1.43 bits per heavy atom. The van der Waals surface area contributed by atoms with Gasteiger partial charge in [0.1, 0.15) is 11.5 Å². The van der Waals surface area contributed by atoms with Crippen molar-refractivity contribution in [3.8, 4) is 0 Å². The van der Waals surface area contributed by atoms with E-state index >= 15 is 0 Å². The van der Waals surface area contributed by atoms with Crippen molar-refractivity contribution in [1.82, 2.24) is 10.5 Å². The van der Waals surface area contributed by atoms with Gasteiger partial charge in [0.25, 0.3) is 0 Å². The maximum absolute atomic E-state index is 12.0. The van der Waals surface area contributed by atoms with Crippen molar-refractivity contribution in [1.29, 1.82) is 0 Å². The molecular formula is C14H24N2O4S. The summed E-state index contributed by atoms with van der Waals surface area (Å²) < 4.78 is 22.3. The third kappa shape index (κ3) is 6.86. The van der Waals surface area contributed by atoms with E-state index in [9.17, 15) is 9.00 Å². The summed E-state index contributed by atoms with van der Waals surface area (Å²) in [5, 5.41) is 6.55. The Morgan fingerprint density at radius 3 is 2.71 bits per heavy atom. The fraction of sp³-hybridized carbons (Fsp3) is 0.714.